The molecule has 0 bridgehead atoms. The van der Waals surface area contributed by atoms with Gasteiger partial charge in [-0.3, -0.25) is 14.6 Å². The van der Waals surface area contributed by atoms with Crippen LogP contribution in [0.2, 0.25) is 0 Å². The molecule has 7 heteroatoms. The Morgan fingerprint density at radius 1 is 1.52 bits per heavy atom. The Labute approximate surface area is 135 Å². The number of rotatable bonds is 4. The maximum Gasteiger partial charge on any atom is 0.272 e. The van der Waals surface area contributed by atoms with Crippen molar-refractivity contribution in [1.29, 1.82) is 0 Å². The van der Waals surface area contributed by atoms with E-state index in [1.54, 1.807) is 10.9 Å². The summed E-state index contributed by atoms with van der Waals surface area (Å²) in [5.41, 5.74) is 2.48. The highest BCUT2D eigenvalue weighted by atomic mass is 16.5. The van der Waals surface area contributed by atoms with Gasteiger partial charge in [-0.15, -0.1) is 0 Å². The van der Waals surface area contributed by atoms with Gasteiger partial charge in [0.15, 0.2) is 0 Å². The van der Waals surface area contributed by atoms with E-state index in [-0.39, 0.29) is 11.9 Å². The van der Waals surface area contributed by atoms with Gasteiger partial charge in [-0.05, 0) is 25.0 Å². The lowest BCUT2D eigenvalue weighted by atomic mass is 10.1. The summed E-state index contributed by atoms with van der Waals surface area (Å²) in [5.74, 6) is 0.289. The van der Waals surface area contributed by atoms with Crippen LogP contribution in [0.1, 0.15) is 54.6 Å². The molecule has 124 valence electrons. The molecule has 1 N–H and O–H groups in total. The van der Waals surface area contributed by atoms with Crippen LogP contribution in [-0.4, -0.2) is 50.5 Å². The van der Waals surface area contributed by atoms with Gasteiger partial charge >= 0.3 is 0 Å². The van der Waals surface area contributed by atoms with Gasteiger partial charge in [0.05, 0.1) is 30.6 Å². The van der Waals surface area contributed by atoms with Crippen LogP contribution in [0.4, 0.5) is 0 Å². The van der Waals surface area contributed by atoms with E-state index < -0.39 is 0 Å². The summed E-state index contributed by atoms with van der Waals surface area (Å²) < 4.78 is 7.35. The fraction of sp³-hybridized carbons (Fsp3) is 0.562. The molecule has 23 heavy (non-hydrogen) atoms. The average Bonchev–Trinajstić information content (AvgIpc) is 3.23. The minimum Gasteiger partial charge on any atom is -0.377 e. The predicted octanol–water partition coefficient (Wildman–Crippen LogP) is 1.96. The molecule has 0 radical (unpaired) electrons. The van der Waals surface area contributed by atoms with Crippen molar-refractivity contribution in [2.24, 2.45) is 0 Å². The van der Waals surface area contributed by atoms with Crippen LogP contribution in [0.3, 0.4) is 0 Å². The summed E-state index contributed by atoms with van der Waals surface area (Å²) in [7, 11) is 0. The van der Waals surface area contributed by atoms with E-state index >= 15 is 0 Å². The first-order valence-corrected chi connectivity index (χ1v) is 8.07. The molecule has 0 aliphatic carbocycles. The topological polar surface area (TPSA) is 76.0 Å². The molecule has 0 spiro atoms. The van der Waals surface area contributed by atoms with Crippen molar-refractivity contribution in [3.8, 4) is 0 Å². The number of nitrogens with one attached hydrogen (secondary N) is 1. The molecule has 1 atom stereocenters. The Morgan fingerprint density at radius 2 is 2.35 bits per heavy atom. The van der Waals surface area contributed by atoms with E-state index in [1.165, 1.54) is 0 Å². The third kappa shape index (κ3) is 3.01. The number of hydrogen-bond donors (Lipinski definition) is 1. The van der Waals surface area contributed by atoms with Crippen LogP contribution in [0.5, 0.6) is 0 Å². The quantitative estimate of drug-likeness (QED) is 0.935. The summed E-state index contributed by atoms with van der Waals surface area (Å²) in [4.78, 5) is 14.9. The number of H-pyrrole nitrogens is 1. The predicted molar refractivity (Wildman–Crippen MR) is 85.2 cm³/mol. The molecule has 1 aliphatic rings. The molecule has 2 aromatic heterocycles. The summed E-state index contributed by atoms with van der Waals surface area (Å²) in [6.45, 7) is 8.43. The van der Waals surface area contributed by atoms with Gasteiger partial charge in [-0.2, -0.15) is 10.2 Å². The van der Waals surface area contributed by atoms with E-state index in [9.17, 15) is 4.79 Å². The van der Waals surface area contributed by atoms with Crippen LogP contribution >= 0.6 is 0 Å². The molecular formula is C16H23N5O2. The highest BCUT2D eigenvalue weighted by Gasteiger charge is 2.32. The Morgan fingerprint density at radius 3 is 3.00 bits per heavy atom. The Bertz CT molecular complexity index is 662. The lowest BCUT2D eigenvalue weighted by Crippen LogP contribution is -2.44. The number of aromatic amines is 1. The first-order valence-electron chi connectivity index (χ1n) is 8.07. The van der Waals surface area contributed by atoms with Crippen molar-refractivity contribution >= 4 is 5.91 Å². The second-order valence-corrected chi connectivity index (χ2v) is 6.03. The molecule has 1 fully saturated rings. The van der Waals surface area contributed by atoms with Gasteiger partial charge in [-0.1, -0.05) is 13.8 Å². The largest absolute Gasteiger partial charge is 0.377 e. The highest BCUT2D eigenvalue weighted by molar-refractivity contribution is 5.93. The van der Waals surface area contributed by atoms with Crippen LogP contribution in [-0.2, 0) is 11.3 Å². The normalized spacial score (nSPS) is 18.6. The second kappa shape index (κ2) is 6.54. The first kappa shape index (κ1) is 15.7. The fourth-order valence-corrected chi connectivity index (χ4v) is 2.84. The molecule has 1 saturated heterocycles. The lowest BCUT2D eigenvalue weighted by Gasteiger charge is -2.34. The maximum atomic E-state index is 13.1. The number of ether oxygens (including phenoxy) is 1. The summed E-state index contributed by atoms with van der Waals surface area (Å²) >= 11 is 0. The average molecular weight is 317 g/mol. The first-order chi connectivity index (χ1) is 11.1. The Balaban J connectivity index is 1.91. The lowest BCUT2D eigenvalue weighted by molar-refractivity contribution is -0.00453. The minimum atomic E-state index is -0.138. The van der Waals surface area contributed by atoms with Crippen molar-refractivity contribution in [2.45, 2.75) is 39.3 Å². The maximum absolute atomic E-state index is 13.1. The second-order valence-electron chi connectivity index (χ2n) is 6.03. The molecule has 0 unspecified atom stereocenters. The number of morpholine rings is 1. The Kier molecular flexibility index (Phi) is 4.47. The van der Waals surface area contributed by atoms with Gasteiger partial charge in [0, 0.05) is 19.3 Å². The molecule has 2 aromatic rings. The van der Waals surface area contributed by atoms with E-state index in [4.69, 9.17) is 4.74 Å². The SMILES string of the molecule is CCn1nc(C(C)C)cc1C(=O)N1CCOC[C@@H]1c1ccn[nH]1. The van der Waals surface area contributed by atoms with Crippen LogP contribution in [0.15, 0.2) is 18.3 Å². The fourth-order valence-electron chi connectivity index (χ4n) is 2.84. The summed E-state index contributed by atoms with van der Waals surface area (Å²) in [6.07, 6.45) is 1.69. The number of aryl methyl sites for hydroxylation is 1. The monoisotopic (exact) mass is 317 g/mol. The van der Waals surface area contributed by atoms with Gasteiger partial charge in [0.1, 0.15) is 5.69 Å². The molecule has 3 heterocycles. The zero-order valence-electron chi connectivity index (χ0n) is 13.8. The van der Waals surface area contributed by atoms with Gasteiger partial charge in [0.2, 0.25) is 0 Å². The molecule has 3 rings (SSSR count). The number of nitrogens with zero attached hydrogens (tertiary/aromatic N) is 4. The van der Waals surface area contributed by atoms with E-state index in [0.29, 0.717) is 37.9 Å². The van der Waals surface area contributed by atoms with Gasteiger partial charge < -0.3 is 9.64 Å². The van der Waals surface area contributed by atoms with Crippen LogP contribution < -0.4 is 0 Å². The van der Waals surface area contributed by atoms with E-state index in [0.717, 1.165) is 11.4 Å². The van der Waals surface area contributed by atoms with Crippen molar-refractivity contribution in [3.63, 3.8) is 0 Å². The molecule has 1 aliphatic heterocycles. The molecular weight excluding hydrogens is 294 g/mol. The van der Waals surface area contributed by atoms with Crippen molar-refractivity contribution in [1.82, 2.24) is 24.9 Å². The third-order valence-electron chi connectivity index (χ3n) is 4.18. The van der Waals surface area contributed by atoms with Crippen LogP contribution in [0, 0.1) is 0 Å². The number of hydrogen-bond acceptors (Lipinski definition) is 4. The highest BCUT2D eigenvalue weighted by Crippen LogP contribution is 2.25. The van der Waals surface area contributed by atoms with E-state index in [2.05, 4.69) is 29.1 Å². The molecule has 1 amide bonds. The molecule has 0 aromatic carbocycles. The van der Waals surface area contributed by atoms with Gasteiger partial charge in [0.25, 0.3) is 5.91 Å². The standard InChI is InChI=1S/C16H23N5O2/c1-4-21-14(9-13(19-21)11(2)3)16(22)20-7-8-23-10-15(20)12-5-6-17-18-12/h5-6,9,11,15H,4,7-8,10H2,1-3H3,(H,17,18)/t15-/m1/s1. The Hall–Kier alpha value is -2.15. The zero-order chi connectivity index (χ0) is 16.4. The number of amides is 1. The third-order valence-corrected chi connectivity index (χ3v) is 4.18. The smallest absolute Gasteiger partial charge is 0.272 e. The molecule has 0 saturated carbocycles. The van der Waals surface area contributed by atoms with Crippen molar-refractivity contribution < 1.29 is 9.53 Å². The number of aromatic nitrogens is 4. The van der Waals surface area contributed by atoms with Crippen molar-refractivity contribution in [2.75, 3.05) is 19.8 Å². The zero-order valence-corrected chi connectivity index (χ0v) is 13.8. The summed E-state index contributed by atoms with van der Waals surface area (Å²) in [6, 6.07) is 3.66. The minimum absolute atomic E-state index is 0.00542. The van der Waals surface area contributed by atoms with E-state index in [1.807, 2.05) is 24.0 Å². The summed E-state index contributed by atoms with van der Waals surface area (Å²) in [5, 5.41) is 11.5. The number of carbonyl (C=O) groups excluding carboxylic acids is 1. The number of carbonyl (C=O) groups is 1. The molecule has 7 nitrogen and oxygen atoms in total. The van der Waals surface area contributed by atoms with Crippen LogP contribution in [0.25, 0.3) is 0 Å². The van der Waals surface area contributed by atoms with Crippen molar-refractivity contribution in [3.05, 3.63) is 35.4 Å². The van der Waals surface area contributed by atoms with Gasteiger partial charge in [-0.25, -0.2) is 0 Å².